The molecule has 0 aromatic rings. The van der Waals surface area contributed by atoms with Gasteiger partial charge in [0.1, 0.15) is 0 Å². The first-order valence-corrected chi connectivity index (χ1v) is 11.2. The summed E-state index contributed by atoms with van der Waals surface area (Å²) < 4.78 is 0. The highest BCUT2D eigenvalue weighted by Crippen LogP contribution is 2.68. The Bertz CT molecular complexity index is 537. The number of nitriles is 1. The summed E-state index contributed by atoms with van der Waals surface area (Å²) in [7, 11) is 2.02. The molecule has 0 aromatic carbocycles. The minimum absolute atomic E-state index is 0.443. The van der Waals surface area contributed by atoms with Gasteiger partial charge in [0.15, 0.2) is 6.19 Å². The van der Waals surface area contributed by atoms with Crippen molar-refractivity contribution < 1.29 is 0 Å². The van der Waals surface area contributed by atoms with Crippen LogP contribution in [0.3, 0.4) is 0 Å². The van der Waals surface area contributed by atoms with E-state index in [1.807, 2.05) is 11.9 Å². The molecule has 4 saturated carbocycles. The minimum atomic E-state index is 0.443. The molecule has 2 heteroatoms. The molecule has 0 bridgehead atoms. The van der Waals surface area contributed by atoms with Crippen LogP contribution in [-0.4, -0.2) is 18.5 Å². The van der Waals surface area contributed by atoms with Crippen molar-refractivity contribution in [1.82, 2.24) is 4.90 Å². The summed E-state index contributed by atoms with van der Waals surface area (Å²) in [5.74, 6) is 4.70. The van der Waals surface area contributed by atoms with Crippen molar-refractivity contribution in [3.8, 4) is 6.19 Å². The van der Waals surface area contributed by atoms with Crippen LogP contribution in [0.4, 0.5) is 0 Å². The average molecular weight is 343 g/mol. The second-order valence-corrected chi connectivity index (χ2v) is 10.3. The maximum Gasteiger partial charge on any atom is 0.179 e. The number of hydrogen-bond acceptors (Lipinski definition) is 2. The van der Waals surface area contributed by atoms with Crippen LogP contribution in [0.1, 0.15) is 84.5 Å². The van der Waals surface area contributed by atoms with Gasteiger partial charge in [0.2, 0.25) is 0 Å². The molecule has 0 N–H and O–H groups in total. The van der Waals surface area contributed by atoms with Crippen molar-refractivity contribution in [2.75, 3.05) is 13.6 Å². The smallest absolute Gasteiger partial charge is 0.179 e. The van der Waals surface area contributed by atoms with Gasteiger partial charge in [0, 0.05) is 13.6 Å². The zero-order valence-electron chi connectivity index (χ0n) is 16.8. The summed E-state index contributed by atoms with van der Waals surface area (Å²) in [6, 6.07) is 0. The van der Waals surface area contributed by atoms with Gasteiger partial charge in [0.25, 0.3) is 0 Å². The van der Waals surface area contributed by atoms with Crippen LogP contribution in [0.25, 0.3) is 0 Å². The maximum absolute atomic E-state index is 9.44. The summed E-state index contributed by atoms with van der Waals surface area (Å²) in [6.45, 7) is 6.09. The number of hydrogen-bond donors (Lipinski definition) is 0. The SMILES string of the molecule is CC[C@H]1CC[C@H]2[C@@H]3CC[C@H]4CCCC[C@]4(C)[C@H]3CC[C@]12CN(C)C#N. The van der Waals surface area contributed by atoms with Gasteiger partial charge in [0.05, 0.1) is 0 Å². The van der Waals surface area contributed by atoms with E-state index < -0.39 is 0 Å². The highest BCUT2D eigenvalue weighted by molar-refractivity contribution is 5.10. The average Bonchev–Trinajstić information content (AvgIpc) is 2.99. The summed E-state index contributed by atoms with van der Waals surface area (Å²) >= 11 is 0. The Morgan fingerprint density at radius 1 is 1.00 bits per heavy atom. The fourth-order valence-electron chi connectivity index (χ4n) is 8.63. The molecule has 4 rings (SSSR count). The fourth-order valence-corrected chi connectivity index (χ4v) is 8.63. The molecule has 0 amide bonds. The van der Waals surface area contributed by atoms with Gasteiger partial charge in [-0.1, -0.05) is 33.1 Å². The molecule has 0 unspecified atom stereocenters. The molecule has 0 heterocycles. The molecule has 0 radical (unpaired) electrons. The van der Waals surface area contributed by atoms with E-state index >= 15 is 0 Å². The Labute approximate surface area is 155 Å². The molecule has 25 heavy (non-hydrogen) atoms. The molecule has 4 aliphatic rings. The highest BCUT2D eigenvalue weighted by atomic mass is 15.1. The molecule has 0 aromatic heterocycles. The van der Waals surface area contributed by atoms with Crippen LogP contribution < -0.4 is 0 Å². The molecule has 0 aliphatic heterocycles. The van der Waals surface area contributed by atoms with Gasteiger partial charge in [-0.25, -0.2) is 0 Å². The van der Waals surface area contributed by atoms with Gasteiger partial charge < -0.3 is 4.90 Å². The molecule has 0 saturated heterocycles. The first-order valence-electron chi connectivity index (χ1n) is 11.2. The van der Waals surface area contributed by atoms with Gasteiger partial charge in [-0.2, -0.15) is 5.26 Å². The first-order chi connectivity index (χ1) is 12.0. The van der Waals surface area contributed by atoms with E-state index in [0.29, 0.717) is 10.8 Å². The third-order valence-corrected chi connectivity index (χ3v) is 9.67. The Kier molecular flexibility index (Phi) is 4.58. The summed E-state index contributed by atoms with van der Waals surface area (Å²) in [5.41, 5.74) is 1.08. The predicted molar refractivity (Wildman–Crippen MR) is 103 cm³/mol. The lowest BCUT2D eigenvalue weighted by atomic mass is 9.44. The number of nitrogens with zero attached hydrogens (tertiary/aromatic N) is 2. The second kappa shape index (κ2) is 6.47. The topological polar surface area (TPSA) is 27.0 Å². The Hall–Kier alpha value is -0.710. The van der Waals surface area contributed by atoms with E-state index in [0.717, 1.165) is 36.1 Å². The van der Waals surface area contributed by atoms with E-state index in [1.54, 1.807) is 0 Å². The van der Waals surface area contributed by atoms with Gasteiger partial charge in [-0.15, -0.1) is 0 Å². The molecular weight excluding hydrogens is 304 g/mol. The summed E-state index contributed by atoms with van der Waals surface area (Å²) in [4.78, 5) is 1.95. The second-order valence-electron chi connectivity index (χ2n) is 10.3. The van der Waals surface area contributed by atoms with Crippen molar-refractivity contribution in [2.45, 2.75) is 84.5 Å². The zero-order valence-corrected chi connectivity index (χ0v) is 16.8. The zero-order chi connectivity index (χ0) is 17.7. The Morgan fingerprint density at radius 2 is 1.84 bits per heavy atom. The molecule has 0 spiro atoms. The van der Waals surface area contributed by atoms with Gasteiger partial charge in [-0.05, 0) is 91.8 Å². The van der Waals surface area contributed by atoms with Crippen molar-refractivity contribution in [3.05, 3.63) is 0 Å². The Morgan fingerprint density at radius 3 is 2.60 bits per heavy atom. The molecule has 7 atom stereocenters. The third-order valence-electron chi connectivity index (χ3n) is 9.67. The highest BCUT2D eigenvalue weighted by Gasteiger charge is 2.61. The lowest BCUT2D eigenvalue weighted by molar-refractivity contribution is -0.119. The summed E-state index contributed by atoms with van der Waals surface area (Å²) in [6.07, 6.45) is 18.4. The molecule has 4 aliphatic carbocycles. The summed E-state index contributed by atoms with van der Waals surface area (Å²) in [5, 5.41) is 9.44. The van der Waals surface area contributed by atoms with Crippen LogP contribution in [0.5, 0.6) is 0 Å². The molecular formula is C23H38N2. The first kappa shape index (κ1) is 17.7. The predicted octanol–water partition coefficient (Wildman–Crippen LogP) is 5.84. The van der Waals surface area contributed by atoms with Crippen LogP contribution in [0.2, 0.25) is 0 Å². The van der Waals surface area contributed by atoms with E-state index in [1.165, 1.54) is 70.6 Å². The van der Waals surface area contributed by atoms with E-state index in [2.05, 4.69) is 20.0 Å². The van der Waals surface area contributed by atoms with Crippen molar-refractivity contribution in [1.29, 1.82) is 5.26 Å². The Balaban J connectivity index is 1.64. The van der Waals surface area contributed by atoms with Gasteiger partial charge in [-0.3, -0.25) is 0 Å². The van der Waals surface area contributed by atoms with Crippen molar-refractivity contribution in [3.63, 3.8) is 0 Å². The maximum atomic E-state index is 9.44. The molecule has 4 fully saturated rings. The lowest BCUT2D eigenvalue weighted by Crippen LogP contribution is -2.55. The minimum Gasteiger partial charge on any atom is -0.313 e. The van der Waals surface area contributed by atoms with Crippen LogP contribution in [-0.2, 0) is 0 Å². The van der Waals surface area contributed by atoms with E-state index in [-0.39, 0.29) is 0 Å². The number of fused-ring (bicyclic) bond motifs is 5. The van der Waals surface area contributed by atoms with Gasteiger partial charge >= 0.3 is 0 Å². The molecule has 140 valence electrons. The fraction of sp³-hybridized carbons (Fsp3) is 0.957. The van der Waals surface area contributed by atoms with E-state index in [4.69, 9.17) is 0 Å². The van der Waals surface area contributed by atoms with Crippen LogP contribution in [0, 0.1) is 51.9 Å². The van der Waals surface area contributed by atoms with Crippen molar-refractivity contribution in [2.24, 2.45) is 40.4 Å². The third kappa shape index (κ3) is 2.55. The van der Waals surface area contributed by atoms with Crippen molar-refractivity contribution >= 4 is 0 Å². The lowest BCUT2D eigenvalue weighted by Gasteiger charge is -2.61. The standard InChI is InChI=1S/C23H38N2/c1-4-17-9-11-21-19-10-8-18-7-5-6-13-22(18,2)20(19)12-14-23(17,21)15-25(3)16-24/h17-21H,4-15H2,1-3H3/t17-,18+,19+,20-,21-,22-,23-/m0/s1. The van der Waals surface area contributed by atoms with Crippen LogP contribution in [0.15, 0.2) is 0 Å². The quantitative estimate of drug-likeness (QED) is 0.476. The molecule has 2 nitrogen and oxygen atoms in total. The normalized spacial score (nSPS) is 48.8. The number of rotatable bonds is 3. The van der Waals surface area contributed by atoms with Crippen LogP contribution >= 0.6 is 0 Å². The largest absolute Gasteiger partial charge is 0.313 e. The van der Waals surface area contributed by atoms with E-state index in [9.17, 15) is 5.26 Å². The monoisotopic (exact) mass is 342 g/mol.